The van der Waals surface area contributed by atoms with E-state index in [0.29, 0.717) is 25.3 Å². The van der Waals surface area contributed by atoms with Crippen molar-refractivity contribution >= 4 is 27.5 Å². The Morgan fingerprint density at radius 1 is 1.03 bits per heavy atom. The molecule has 0 spiro atoms. The molecule has 0 fully saturated rings. The molecule has 0 saturated heterocycles. The van der Waals surface area contributed by atoms with Crippen LogP contribution in [0.25, 0.3) is 0 Å². The van der Waals surface area contributed by atoms with Gasteiger partial charge in [0.1, 0.15) is 18.3 Å². The van der Waals surface area contributed by atoms with Gasteiger partial charge in [-0.2, -0.15) is 0 Å². The SMILES string of the molecule is CCCNC(=O)[C@@H](C)N(CCc1ccccc1)C(=O)CN(c1ccccc1OCC)S(C)(=O)=O. The predicted molar refractivity (Wildman–Crippen MR) is 134 cm³/mol. The summed E-state index contributed by atoms with van der Waals surface area (Å²) in [5.41, 5.74) is 1.30. The smallest absolute Gasteiger partial charge is 0.244 e. The van der Waals surface area contributed by atoms with Gasteiger partial charge in [0.25, 0.3) is 0 Å². The van der Waals surface area contributed by atoms with Crippen molar-refractivity contribution in [3.63, 3.8) is 0 Å². The zero-order valence-corrected chi connectivity index (χ0v) is 21.2. The van der Waals surface area contributed by atoms with Gasteiger partial charge < -0.3 is 15.0 Å². The van der Waals surface area contributed by atoms with E-state index in [9.17, 15) is 18.0 Å². The molecule has 2 amide bonds. The van der Waals surface area contributed by atoms with Gasteiger partial charge in [-0.05, 0) is 44.4 Å². The number of para-hydroxylation sites is 2. The fraction of sp³-hybridized carbons (Fsp3) is 0.440. The van der Waals surface area contributed by atoms with Crippen molar-refractivity contribution in [1.82, 2.24) is 10.2 Å². The maximum Gasteiger partial charge on any atom is 0.244 e. The van der Waals surface area contributed by atoms with Crippen LogP contribution in [0.5, 0.6) is 5.75 Å². The molecule has 2 aromatic carbocycles. The fourth-order valence-corrected chi connectivity index (χ4v) is 4.35. The van der Waals surface area contributed by atoms with E-state index in [0.717, 1.165) is 22.5 Å². The van der Waals surface area contributed by atoms with Crippen LogP contribution in [0.1, 0.15) is 32.8 Å². The van der Waals surface area contributed by atoms with E-state index in [1.807, 2.05) is 37.3 Å². The molecule has 8 nitrogen and oxygen atoms in total. The zero-order chi connectivity index (χ0) is 25.1. The summed E-state index contributed by atoms with van der Waals surface area (Å²) >= 11 is 0. The van der Waals surface area contributed by atoms with Gasteiger partial charge in [-0.25, -0.2) is 8.42 Å². The molecule has 1 atom stereocenters. The summed E-state index contributed by atoms with van der Waals surface area (Å²) in [4.78, 5) is 27.6. The van der Waals surface area contributed by atoms with Crippen molar-refractivity contribution in [3.05, 3.63) is 60.2 Å². The van der Waals surface area contributed by atoms with Gasteiger partial charge in [0.05, 0.1) is 18.6 Å². The highest BCUT2D eigenvalue weighted by atomic mass is 32.2. The first-order chi connectivity index (χ1) is 16.2. The quantitative estimate of drug-likeness (QED) is 0.467. The number of ether oxygens (including phenoxy) is 1. The molecular formula is C25H35N3O5S. The van der Waals surface area contributed by atoms with Crippen molar-refractivity contribution in [2.75, 3.05) is 36.8 Å². The van der Waals surface area contributed by atoms with Crippen molar-refractivity contribution in [1.29, 1.82) is 0 Å². The van der Waals surface area contributed by atoms with Crippen LogP contribution >= 0.6 is 0 Å². The molecule has 0 aliphatic heterocycles. The van der Waals surface area contributed by atoms with Crippen molar-refractivity contribution in [3.8, 4) is 5.75 Å². The fourth-order valence-electron chi connectivity index (χ4n) is 3.50. The molecule has 0 unspecified atom stereocenters. The third kappa shape index (κ3) is 7.76. The first-order valence-corrected chi connectivity index (χ1v) is 13.3. The van der Waals surface area contributed by atoms with E-state index in [1.165, 1.54) is 4.90 Å². The highest BCUT2D eigenvalue weighted by molar-refractivity contribution is 7.92. The summed E-state index contributed by atoms with van der Waals surface area (Å²) in [6.45, 7) is 6.09. The molecule has 0 aliphatic rings. The second-order valence-corrected chi connectivity index (χ2v) is 9.87. The molecule has 0 heterocycles. The number of carbonyl (C=O) groups excluding carboxylic acids is 2. The number of hydrogen-bond acceptors (Lipinski definition) is 5. The number of carbonyl (C=O) groups is 2. The number of nitrogens with one attached hydrogen (secondary N) is 1. The minimum Gasteiger partial charge on any atom is -0.492 e. The van der Waals surface area contributed by atoms with Crippen LogP contribution in [0, 0.1) is 0 Å². The average molecular weight is 490 g/mol. The van der Waals surface area contributed by atoms with Crippen LogP contribution in [0.4, 0.5) is 5.69 Å². The van der Waals surface area contributed by atoms with Crippen LogP contribution in [-0.4, -0.2) is 63.7 Å². The standard InChI is InChI=1S/C25H35N3O5S/c1-5-17-26-25(30)20(3)27(18-16-21-12-8-7-9-13-21)24(29)19-28(34(4,31)32)22-14-10-11-15-23(22)33-6-2/h7-15,20H,5-6,16-19H2,1-4H3,(H,26,30)/t20-/m1/s1. The van der Waals surface area contributed by atoms with Gasteiger partial charge in [-0.3, -0.25) is 13.9 Å². The Morgan fingerprint density at radius 3 is 2.29 bits per heavy atom. The molecule has 0 aliphatic carbocycles. The summed E-state index contributed by atoms with van der Waals surface area (Å²) in [6, 6.07) is 15.6. The van der Waals surface area contributed by atoms with Crippen LogP contribution in [0.3, 0.4) is 0 Å². The molecule has 0 saturated carbocycles. The van der Waals surface area contributed by atoms with E-state index in [1.54, 1.807) is 38.1 Å². The topological polar surface area (TPSA) is 96.0 Å². The summed E-state index contributed by atoms with van der Waals surface area (Å²) in [7, 11) is -3.81. The highest BCUT2D eigenvalue weighted by Gasteiger charge is 2.30. The second kappa shape index (κ2) is 13.0. The lowest BCUT2D eigenvalue weighted by atomic mass is 10.1. The Bertz CT molecular complexity index is 1040. The Labute approximate surface area is 202 Å². The van der Waals surface area contributed by atoms with Gasteiger partial charge in [0, 0.05) is 13.1 Å². The van der Waals surface area contributed by atoms with Crippen LogP contribution < -0.4 is 14.4 Å². The monoisotopic (exact) mass is 489 g/mol. The van der Waals surface area contributed by atoms with Crippen LogP contribution in [0.2, 0.25) is 0 Å². The summed E-state index contributed by atoms with van der Waals surface area (Å²) in [5, 5.41) is 2.82. The molecule has 0 aromatic heterocycles. The number of rotatable bonds is 13. The normalized spacial score (nSPS) is 12.0. The third-order valence-corrected chi connectivity index (χ3v) is 6.44. The van der Waals surface area contributed by atoms with Crippen molar-refractivity contribution < 1.29 is 22.7 Å². The predicted octanol–water partition coefficient (Wildman–Crippen LogP) is 2.84. The summed E-state index contributed by atoms with van der Waals surface area (Å²) < 4.78 is 32.0. The Morgan fingerprint density at radius 2 is 1.68 bits per heavy atom. The van der Waals surface area contributed by atoms with E-state index in [-0.39, 0.29) is 18.1 Å². The van der Waals surface area contributed by atoms with E-state index in [2.05, 4.69) is 5.32 Å². The van der Waals surface area contributed by atoms with E-state index < -0.39 is 28.5 Å². The lowest BCUT2D eigenvalue weighted by Crippen LogP contribution is -2.52. The number of amides is 2. The molecule has 0 radical (unpaired) electrons. The molecule has 186 valence electrons. The Balaban J connectivity index is 2.34. The van der Waals surface area contributed by atoms with Gasteiger partial charge >= 0.3 is 0 Å². The molecule has 1 N–H and O–H groups in total. The number of hydrogen-bond donors (Lipinski definition) is 1. The van der Waals surface area contributed by atoms with E-state index in [4.69, 9.17) is 4.74 Å². The zero-order valence-electron chi connectivity index (χ0n) is 20.4. The minimum absolute atomic E-state index is 0.272. The van der Waals surface area contributed by atoms with Gasteiger partial charge in [-0.15, -0.1) is 0 Å². The molecule has 0 bridgehead atoms. The first-order valence-electron chi connectivity index (χ1n) is 11.5. The number of anilines is 1. The molecule has 9 heteroatoms. The van der Waals surface area contributed by atoms with Crippen molar-refractivity contribution in [2.45, 2.75) is 39.7 Å². The maximum atomic E-state index is 13.5. The number of nitrogens with zero attached hydrogens (tertiary/aromatic N) is 2. The molecular weight excluding hydrogens is 454 g/mol. The highest BCUT2D eigenvalue weighted by Crippen LogP contribution is 2.30. The Kier molecular flexibility index (Phi) is 10.4. The molecule has 2 rings (SSSR count). The number of benzene rings is 2. The van der Waals surface area contributed by atoms with Gasteiger partial charge in [0.2, 0.25) is 21.8 Å². The largest absolute Gasteiger partial charge is 0.492 e. The maximum absolute atomic E-state index is 13.5. The van der Waals surface area contributed by atoms with Crippen molar-refractivity contribution in [2.24, 2.45) is 0 Å². The second-order valence-electron chi connectivity index (χ2n) is 7.96. The van der Waals surface area contributed by atoms with Gasteiger partial charge in [-0.1, -0.05) is 49.4 Å². The lowest BCUT2D eigenvalue weighted by molar-refractivity contribution is -0.138. The molecule has 2 aromatic rings. The van der Waals surface area contributed by atoms with Crippen LogP contribution in [0.15, 0.2) is 54.6 Å². The summed E-state index contributed by atoms with van der Waals surface area (Å²) in [6.07, 6.45) is 2.35. The minimum atomic E-state index is -3.81. The lowest BCUT2D eigenvalue weighted by Gasteiger charge is -2.31. The number of sulfonamides is 1. The first kappa shape index (κ1) is 27.2. The summed E-state index contributed by atoms with van der Waals surface area (Å²) in [5.74, 6) is -0.372. The van der Waals surface area contributed by atoms with Gasteiger partial charge in [0.15, 0.2) is 0 Å². The molecule has 34 heavy (non-hydrogen) atoms. The van der Waals surface area contributed by atoms with Crippen LogP contribution in [-0.2, 0) is 26.0 Å². The third-order valence-electron chi connectivity index (χ3n) is 5.31. The average Bonchev–Trinajstić information content (AvgIpc) is 2.81. The Hall–Kier alpha value is -3.07. The van der Waals surface area contributed by atoms with E-state index >= 15 is 0 Å².